The molecule has 0 amide bonds. The van der Waals surface area contributed by atoms with Gasteiger partial charge in [-0.15, -0.1) is 0 Å². The summed E-state index contributed by atoms with van der Waals surface area (Å²) in [7, 11) is 1.19. The van der Waals surface area contributed by atoms with Crippen molar-refractivity contribution in [2.24, 2.45) is 0 Å². The number of hydrogen-bond acceptors (Lipinski definition) is 5. The largest absolute Gasteiger partial charge is 0.508 e. The Kier molecular flexibility index (Phi) is 3.13. The van der Waals surface area contributed by atoms with E-state index in [-0.39, 0.29) is 17.0 Å². The molecule has 0 fully saturated rings. The molecular weight excluding hydrogens is 196 g/mol. The maximum atomic E-state index is 11.2. The van der Waals surface area contributed by atoms with Crippen molar-refractivity contribution in [2.75, 3.05) is 12.8 Å². The molecule has 0 aromatic heterocycles. The number of benzene rings is 1. The molecular formula is C10H10N2O3. The first kappa shape index (κ1) is 10.9. The first-order valence-electron chi connectivity index (χ1n) is 4.16. The summed E-state index contributed by atoms with van der Waals surface area (Å²) >= 11 is 0. The first-order chi connectivity index (χ1) is 7.10. The average Bonchev–Trinajstić information content (AvgIpc) is 2.23. The lowest BCUT2D eigenvalue weighted by Gasteiger charge is -2.10. The first-order valence-corrected chi connectivity index (χ1v) is 4.16. The van der Waals surface area contributed by atoms with Crippen molar-refractivity contribution in [1.82, 2.24) is 0 Å². The molecule has 1 atom stereocenters. The fraction of sp³-hybridized carbons (Fsp3) is 0.200. The molecule has 1 rings (SSSR count). The van der Waals surface area contributed by atoms with Crippen LogP contribution in [0.3, 0.4) is 0 Å². The Labute approximate surface area is 86.7 Å². The molecule has 0 bridgehead atoms. The number of nitriles is 1. The van der Waals surface area contributed by atoms with E-state index >= 15 is 0 Å². The van der Waals surface area contributed by atoms with Crippen molar-refractivity contribution in [3.8, 4) is 11.8 Å². The molecule has 5 nitrogen and oxygen atoms in total. The minimum atomic E-state index is -1.11. The van der Waals surface area contributed by atoms with E-state index < -0.39 is 11.9 Å². The monoisotopic (exact) mass is 206 g/mol. The van der Waals surface area contributed by atoms with E-state index in [4.69, 9.17) is 11.0 Å². The second-order valence-electron chi connectivity index (χ2n) is 2.90. The Balaban J connectivity index is 3.19. The van der Waals surface area contributed by atoms with E-state index in [1.807, 2.05) is 0 Å². The van der Waals surface area contributed by atoms with Crippen molar-refractivity contribution >= 4 is 11.7 Å². The van der Waals surface area contributed by atoms with Crippen LogP contribution in [0.15, 0.2) is 18.2 Å². The zero-order valence-corrected chi connectivity index (χ0v) is 8.10. The highest BCUT2D eigenvalue weighted by atomic mass is 16.5. The number of carbonyl (C=O) groups excluding carboxylic acids is 1. The lowest BCUT2D eigenvalue weighted by Crippen LogP contribution is -2.14. The highest BCUT2D eigenvalue weighted by molar-refractivity contribution is 5.83. The van der Waals surface area contributed by atoms with Gasteiger partial charge in [0.2, 0.25) is 0 Å². The Hall–Kier alpha value is -2.22. The molecule has 0 heterocycles. The smallest absolute Gasteiger partial charge is 0.327 e. The summed E-state index contributed by atoms with van der Waals surface area (Å²) < 4.78 is 4.45. The number of anilines is 1. The number of hydrogen-bond donors (Lipinski definition) is 2. The Morgan fingerprint density at radius 1 is 1.67 bits per heavy atom. The van der Waals surface area contributed by atoms with E-state index in [2.05, 4.69) is 4.74 Å². The number of carbonyl (C=O) groups is 1. The van der Waals surface area contributed by atoms with Crippen LogP contribution in [-0.2, 0) is 9.53 Å². The van der Waals surface area contributed by atoms with Crippen LogP contribution in [-0.4, -0.2) is 18.2 Å². The number of phenolic OH excluding ortho intramolecular Hbond substituents is 1. The summed E-state index contributed by atoms with van der Waals surface area (Å²) in [5.41, 5.74) is 6.11. The third kappa shape index (κ3) is 2.17. The van der Waals surface area contributed by atoms with Crippen LogP contribution < -0.4 is 5.73 Å². The van der Waals surface area contributed by atoms with Crippen LogP contribution in [0.4, 0.5) is 5.69 Å². The molecule has 0 aliphatic carbocycles. The van der Waals surface area contributed by atoms with Gasteiger partial charge in [0.15, 0.2) is 5.92 Å². The van der Waals surface area contributed by atoms with Gasteiger partial charge in [0.05, 0.1) is 13.2 Å². The predicted octanol–water partition coefficient (Wildman–Crippen LogP) is 0.755. The van der Waals surface area contributed by atoms with E-state index in [9.17, 15) is 9.90 Å². The summed E-state index contributed by atoms with van der Waals surface area (Å²) in [5.74, 6) is -1.86. The van der Waals surface area contributed by atoms with Gasteiger partial charge in [-0.3, -0.25) is 4.79 Å². The number of nitrogens with two attached hydrogens (primary N) is 1. The van der Waals surface area contributed by atoms with Gasteiger partial charge in [-0.25, -0.2) is 0 Å². The van der Waals surface area contributed by atoms with Gasteiger partial charge in [-0.2, -0.15) is 5.26 Å². The van der Waals surface area contributed by atoms with Crippen LogP contribution in [0.1, 0.15) is 11.5 Å². The topological polar surface area (TPSA) is 96.3 Å². The van der Waals surface area contributed by atoms with E-state index in [0.717, 1.165) is 0 Å². The molecule has 0 aliphatic heterocycles. The van der Waals surface area contributed by atoms with Crippen LogP contribution in [0.5, 0.6) is 5.75 Å². The minimum absolute atomic E-state index is 0.0525. The Morgan fingerprint density at radius 2 is 2.33 bits per heavy atom. The van der Waals surface area contributed by atoms with Crippen molar-refractivity contribution in [3.05, 3.63) is 23.8 Å². The van der Waals surface area contributed by atoms with E-state index in [0.29, 0.717) is 0 Å². The zero-order chi connectivity index (χ0) is 11.4. The zero-order valence-electron chi connectivity index (χ0n) is 8.10. The number of rotatable bonds is 2. The summed E-state index contributed by atoms with van der Waals surface area (Å²) in [6.07, 6.45) is 0. The SMILES string of the molecule is COC(=O)C(C#N)c1cc(O)ccc1N. The molecule has 15 heavy (non-hydrogen) atoms. The van der Waals surface area contributed by atoms with Crippen LogP contribution in [0.25, 0.3) is 0 Å². The van der Waals surface area contributed by atoms with Crippen molar-refractivity contribution in [1.29, 1.82) is 5.26 Å². The Bertz CT molecular complexity index is 423. The molecule has 0 spiro atoms. The van der Waals surface area contributed by atoms with Crippen molar-refractivity contribution < 1.29 is 14.6 Å². The second-order valence-corrected chi connectivity index (χ2v) is 2.90. The molecule has 3 N–H and O–H groups in total. The van der Waals surface area contributed by atoms with Gasteiger partial charge in [-0.1, -0.05) is 0 Å². The number of esters is 1. The fourth-order valence-electron chi connectivity index (χ4n) is 1.18. The van der Waals surface area contributed by atoms with Gasteiger partial charge < -0.3 is 15.6 Å². The molecule has 1 aromatic carbocycles. The average molecular weight is 206 g/mol. The summed E-state index contributed by atoms with van der Waals surface area (Å²) in [6.45, 7) is 0. The molecule has 0 radical (unpaired) electrons. The quantitative estimate of drug-likeness (QED) is 0.423. The minimum Gasteiger partial charge on any atom is -0.508 e. The molecule has 1 unspecified atom stereocenters. The maximum Gasteiger partial charge on any atom is 0.327 e. The van der Waals surface area contributed by atoms with Gasteiger partial charge in [0.25, 0.3) is 0 Å². The summed E-state index contributed by atoms with van der Waals surface area (Å²) in [5, 5.41) is 18.0. The number of phenols is 1. The highest BCUT2D eigenvalue weighted by Crippen LogP contribution is 2.26. The standard InChI is InChI=1S/C10H10N2O3/c1-15-10(14)8(5-11)7-4-6(13)2-3-9(7)12/h2-4,8,13H,12H2,1H3. The lowest BCUT2D eigenvalue weighted by molar-refractivity contribution is -0.140. The summed E-state index contributed by atoms with van der Waals surface area (Å²) in [4.78, 5) is 11.2. The summed E-state index contributed by atoms with van der Waals surface area (Å²) in [6, 6.07) is 5.86. The van der Waals surface area contributed by atoms with Crippen LogP contribution >= 0.6 is 0 Å². The second kappa shape index (κ2) is 4.33. The third-order valence-corrected chi connectivity index (χ3v) is 1.95. The number of methoxy groups -OCH3 is 1. The van der Waals surface area contributed by atoms with E-state index in [1.54, 1.807) is 6.07 Å². The molecule has 0 aliphatic rings. The Morgan fingerprint density at radius 3 is 2.87 bits per heavy atom. The van der Waals surface area contributed by atoms with E-state index in [1.165, 1.54) is 25.3 Å². The fourth-order valence-corrected chi connectivity index (χ4v) is 1.18. The predicted molar refractivity (Wildman–Crippen MR) is 52.9 cm³/mol. The molecule has 78 valence electrons. The van der Waals surface area contributed by atoms with Crippen LogP contribution in [0.2, 0.25) is 0 Å². The lowest BCUT2D eigenvalue weighted by atomic mass is 9.99. The van der Waals surface area contributed by atoms with Gasteiger partial charge in [0, 0.05) is 11.3 Å². The number of nitrogen functional groups attached to an aromatic ring is 1. The van der Waals surface area contributed by atoms with Crippen LogP contribution in [0, 0.1) is 11.3 Å². The molecule has 5 heteroatoms. The number of nitrogens with zero attached hydrogens (tertiary/aromatic N) is 1. The van der Waals surface area contributed by atoms with Gasteiger partial charge in [0.1, 0.15) is 5.75 Å². The molecule has 0 saturated carbocycles. The number of ether oxygens (including phenoxy) is 1. The van der Waals surface area contributed by atoms with Crippen molar-refractivity contribution in [3.63, 3.8) is 0 Å². The normalized spacial score (nSPS) is 11.5. The molecule has 1 aromatic rings. The van der Waals surface area contributed by atoms with Gasteiger partial charge in [-0.05, 0) is 18.2 Å². The highest BCUT2D eigenvalue weighted by Gasteiger charge is 2.23. The van der Waals surface area contributed by atoms with Crippen molar-refractivity contribution in [2.45, 2.75) is 5.92 Å². The third-order valence-electron chi connectivity index (χ3n) is 1.95. The number of aromatic hydroxyl groups is 1. The molecule has 0 saturated heterocycles. The van der Waals surface area contributed by atoms with Gasteiger partial charge >= 0.3 is 5.97 Å². The maximum absolute atomic E-state index is 11.2.